The number of hydrogen-bond acceptors (Lipinski definition) is 5. The summed E-state index contributed by atoms with van der Waals surface area (Å²) in [4.78, 5) is 32.9. The van der Waals surface area contributed by atoms with Crippen molar-refractivity contribution < 1.29 is 22.4 Å². The highest BCUT2D eigenvalue weighted by Gasteiger charge is 2.65. The molecule has 3 aromatic rings. The van der Waals surface area contributed by atoms with Gasteiger partial charge in [-0.3, -0.25) is 9.59 Å². The molecule has 0 radical (unpaired) electrons. The monoisotopic (exact) mass is 658 g/mol. The molecule has 6 aliphatic rings. The lowest BCUT2D eigenvalue weighted by Gasteiger charge is -2.41. The lowest BCUT2D eigenvalue weighted by molar-refractivity contribution is -0.143. The zero-order valence-electron chi connectivity index (χ0n) is 27.2. The minimum atomic E-state index is -3.81. The number of nitrogens with zero attached hydrogens (tertiary/aromatic N) is 3. The number of carbonyl (C=O) groups excluding carboxylic acids is 2. The number of sulfonamides is 1. The number of benzene rings is 2. The first-order chi connectivity index (χ1) is 22.5. The Bertz CT molecular complexity index is 1950. The largest absolute Gasteiger partial charge is 0.339 e. The molecule has 248 valence electrons. The van der Waals surface area contributed by atoms with E-state index in [1.54, 1.807) is 19.1 Å². The predicted molar refractivity (Wildman–Crippen MR) is 178 cm³/mol. The van der Waals surface area contributed by atoms with Crippen LogP contribution in [-0.4, -0.2) is 71.6 Å². The van der Waals surface area contributed by atoms with Gasteiger partial charge in [-0.2, -0.15) is 0 Å². The van der Waals surface area contributed by atoms with Gasteiger partial charge in [-0.15, -0.1) is 0 Å². The molecular formula is C37H43FN4O4S. The molecule has 3 saturated carbocycles. The van der Waals surface area contributed by atoms with Gasteiger partial charge >= 0.3 is 0 Å². The van der Waals surface area contributed by atoms with Crippen LogP contribution in [0.25, 0.3) is 22.2 Å². The molecule has 8 nitrogen and oxygen atoms in total. The van der Waals surface area contributed by atoms with Gasteiger partial charge in [0.05, 0.1) is 15.9 Å². The molecular weight excluding hydrogens is 615 g/mol. The Morgan fingerprint density at radius 2 is 1.68 bits per heavy atom. The number of fused-ring (bicyclic) bond motifs is 9. The molecule has 4 heterocycles. The van der Waals surface area contributed by atoms with Crippen molar-refractivity contribution in [1.29, 1.82) is 0 Å². The van der Waals surface area contributed by atoms with E-state index >= 15 is 4.39 Å². The third-order valence-corrected chi connectivity index (χ3v) is 14.9. The summed E-state index contributed by atoms with van der Waals surface area (Å²) in [5, 5.41) is 1.04. The molecule has 2 bridgehead atoms. The maximum Gasteiger partial charge on any atom is 0.264 e. The quantitative estimate of drug-likeness (QED) is 0.369. The second kappa shape index (κ2) is 10.1. The van der Waals surface area contributed by atoms with Crippen LogP contribution in [0.15, 0.2) is 36.4 Å². The van der Waals surface area contributed by atoms with Crippen molar-refractivity contribution in [2.75, 3.05) is 20.1 Å². The number of rotatable bonds is 5. The molecule has 2 amide bonds. The van der Waals surface area contributed by atoms with Crippen molar-refractivity contribution >= 4 is 32.7 Å². The molecule has 1 N–H and O–H groups in total. The zero-order chi connectivity index (χ0) is 32.5. The Labute approximate surface area is 275 Å². The minimum Gasteiger partial charge on any atom is -0.339 e. The van der Waals surface area contributed by atoms with Gasteiger partial charge in [0.15, 0.2) is 0 Å². The van der Waals surface area contributed by atoms with Gasteiger partial charge in [0, 0.05) is 59.7 Å². The summed E-state index contributed by atoms with van der Waals surface area (Å²) in [5.74, 6) is -0.500. The van der Waals surface area contributed by atoms with E-state index in [4.69, 9.17) is 0 Å². The summed E-state index contributed by atoms with van der Waals surface area (Å²) in [7, 11) is -1.68. The highest BCUT2D eigenvalue weighted by Crippen LogP contribution is 2.66. The van der Waals surface area contributed by atoms with Gasteiger partial charge in [0.1, 0.15) is 5.82 Å². The summed E-state index contributed by atoms with van der Waals surface area (Å²) in [6, 6.07) is 11.0. The second-order valence-corrected chi connectivity index (χ2v) is 18.0. The Kier molecular flexibility index (Phi) is 6.44. The van der Waals surface area contributed by atoms with Crippen molar-refractivity contribution in [3.05, 3.63) is 58.9 Å². The van der Waals surface area contributed by atoms with Crippen LogP contribution in [0, 0.1) is 11.2 Å². The molecule has 3 aliphatic heterocycles. The number of likely N-dealkylation sites (N-methyl/N-ethyl adjacent to an activating group) is 1. The van der Waals surface area contributed by atoms with Gasteiger partial charge in [-0.05, 0) is 106 Å². The van der Waals surface area contributed by atoms with Crippen LogP contribution in [0.4, 0.5) is 4.39 Å². The Morgan fingerprint density at radius 3 is 2.38 bits per heavy atom. The molecule has 9 rings (SSSR count). The van der Waals surface area contributed by atoms with E-state index in [0.29, 0.717) is 31.7 Å². The fourth-order valence-electron chi connectivity index (χ4n) is 9.74. The maximum absolute atomic E-state index is 15.1. The average Bonchev–Trinajstić information content (AvgIpc) is 3.93. The lowest BCUT2D eigenvalue weighted by Crippen LogP contribution is -2.57. The first-order valence-electron chi connectivity index (χ1n) is 17.5. The summed E-state index contributed by atoms with van der Waals surface area (Å²) < 4.78 is 44.8. The second-order valence-electron chi connectivity index (χ2n) is 15.8. The van der Waals surface area contributed by atoms with E-state index < -0.39 is 26.1 Å². The van der Waals surface area contributed by atoms with E-state index in [1.165, 1.54) is 18.1 Å². The molecule has 5 fully saturated rings. The normalized spacial score (nSPS) is 29.5. The first kappa shape index (κ1) is 29.9. The predicted octanol–water partition coefficient (Wildman–Crippen LogP) is 5.90. The molecule has 4 atom stereocenters. The lowest BCUT2D eigenvalue weighted by atomic mass is 9.81. The Balaban J connectivity index is 1.22. The van der Waals surface area contributed by atoms with Crippen LogP contribution < -0.4 is 4.72 Å². The van der Waals surface area contributed by atoms with E-state index in [-0.39, 0.29) is 35.3 Å². The summed E-state index contributed by atoms with van der Waals surface area (Å²) in [6.45, 7) is 3.87. The first-order valence-corrected chi connectivity index (χ1v) is 19.0. The Morgan fingerprint density at radius 1 is 0.957 bits per heavy atom. The van der Waals surface area contributed by atoms with E-state index in [9.17, 15) is 18.0 Å². The number of aromatic nitrogens is 1. The van der Waals surface area contributed by atoms with Crippen molar-refractivity contribution in [2.24, 2.45) is 5.41 Å². The molecule has 2 saturated heterocycles. The van der Waals surface area contributed by atoms with E-state index in [1.807, 2.05) is 18.2 Å². The summed E-state index contributed by atoms with van der Waals surface area (Å²) >= 11 is 0. The number of amides is 2. The van der Waals surface area contributed by atoms with Crippen LogP contribution in [-0.2, 0) is 21.4 Å². The number of piperazine rings is 1. The number of nitrogens with one attached hydrogen (secondary N) is 1. The fraction of sp³-hybridized carbons (Fsp3) is 0.568. The molecule has 4 unspecified atom stereocenters. The van der Waals surface area contributed by atoms with Crippen molar-refractivity contribution in [3.8, 4) is 11.3 Å². The highest BCUT2D eigenvalue weighted by atomic mass is 32.2. The molecule has 3 aliphatic carbocycles. The summed E-state index contributed by atoms with van der Waals surface area (Å²) in [5.41, 5.74) is 4.60. The van der Waals surface area contributed by atoms with Gasteiger partial charge in [0.2, 0.25) is 15.9 Å². The number of hydrogen-bond donors (Lipinski definition) is 1. The van der Waals surface area contributed by atoms with Gasteiger partial charge < -0.3 is 14.4 Å². The Hall–Kier alpha value is -3.24. The average molecular weight is 659 g/mol. The van der Waals surface area contributed by atoms with Gasteiger partial charge in [0.25, 0.3) is 5.91 Å². The van der Waals surface area contributed by atoms with Crippen LogP contribution in [0.2, 0.25) is 0 Å². The highest BCUT2D eigenvalue weighted by molar-refractivity contribution is 7.91. The topological polar surface area (TPSA) is 91.7 Å². The van der Waals surface area contributed by atoms with Crippen LogP contribution in [0.3, 0.4) is 0 Å². The SMILES string of the molecule is CN1CC2CCC(C1)N2C(=O)C12CC1c1cc(F)ccc1-c1c(C3CCCCC3)c3ccc(C(=O)NS(=O)(=O)C4(C)CC4)cc3n1C2. The van der Waals surface area contributed by atoms with Crippen molar-refractivity contribution in [1.82, 2.24) is 19.1 Å². The van der Waals surface area contributed by atoms with Crippen LogP contribution in [0.5, 0.6) is 0 Å². The standard InChI is InChI=1S/C37H43FN4O4S/c1-36(14-15-36)47(45,46)39-34(43)23-8-12-28-31(16-23)41-21-37(35(44)42-25-10-11-26(42)20-40(2)19-25)18-30(37)29-17-24(38)9-13-27(29)33(41)32(28)22-6-4-3-5-7-22/h8-9,12-13,16-17,22,25-26,30H,3-7,10-11,14-15,18-21H2,1-2H3,(H,39,43). The molecule has 10 heteroatoms. The van der Waals surface area contributed by atoms with Gasteiger partial charge in [-0.25, -0.2) is 17.5 Å². The maximum atomic E-state index is 15.1. The van der Waals surface area contributed by atoms with Crippen molar-refractivity contribution in [2.45, 2.75) is 106 Å². The fourth-order valence-corrected chi connectivity index (χ4v) is 11.0. The summed E-state index contributed by atoms with van der Waals surface area (Å²) in [6.07, 6.45) is 9.37. The molecule has 2 aromatic carbocycles. The van der Waals surface area contributed by atoms with E-state index in [2.05, 4.69) is 26.1 Å². The van der Waals surface area contributed by atoms with Crippen molar-refractivity contribution in [3.63, 3.8) is 0 Å². The third-order valence-electron chi connectivity index (χ3n) is 12.7. The molecule has 1 aromatic heterocycles. The zero-order valence-corrected chi connectivity index (χ0v) is 28.0. The number of carbonyl (C=O) groups is 2. The molecule has 0 spiro atoms. The number of likely N-dealkylation sites (tertiary alicyclic amines) is 1. The molecule has 47 heavy (non-hydrogen) atoms. The smallest absolute Gasteiger partial charge is 0.264 e. The van der Waals surface area contributed by atoms with Crippen LogP contribution >= 0.6 is 0 Å². The number of halogens is 1. The van der Waals surface area contributed by atoms with E-state index in [0.717, 1.165) is 79.3 Å². The third kappa shape index (κ3) is 4.42. The van der Waals surface area contributed by atoms with Crippen LogP contribution in [0.1, 0.15) is 104 Å². The minimum absolute atomic E-state index is 0.0789. The van der Waals surface area contributed by atoms with Gasteiger partial charge in [-0.1, -0.05) is 25.3 Å².